The Kier molecular flexibility index (Phi) is 6.53. The largest absolute Gasteiger partial charge is 0.352 e. The van der Waals surface area contributed by atoms with E-state index in [9.17, 15) is 14.4 Å². The summed E-state index contributed by atoms with van der Waals surface area (Å²) in [5.74, 6) is -0.368. The molecule has 8 heteroatoms. The van der Waals surface area contributed by atoms with E-state index in [1.54, 1.807) is 54.7 Å². The van der Waals surface area contributed by atoms with Gasteiger partial charge in [0, 0.05) is 36.0 Å². The summed E-state index contributed by atoms with van der Waals surface area (Å²) in [6.45, 7) is 0.406. The monoisotopic (exact) mass is 503 g/mol. The predicted molar refractivity (Wildman–Crippen MR) is 138 cm³/mol. The lowest BCUT2D eigenvalue weighted by atomic mass is 10.00. The maximum Gasteiger partial charge on any atom is 0.261 e. The molecular formula is C27H22ClN3O3S. The molecule has 1 aliphatic carbocycles. The van der Waals surface area contributed by atoms with Crippen LogP contribution in [0.1, 0.15) is 37.2 Å². The minimum Gasteiger partial charge on any atom is -0.352 e. The van der Waals surface area contributed by atoms with Crippen LogP contribution in [0.4, 0.5) is 0 Å². The van der Waals surface area contributed by atoms with Crippen LogP contribution in [0.3, 0.4) is 0 Å². The number of nitrogens with zero attached hydrogens (tertiary/aromatic N) is 1. The number of thiophene rings is 1. The van der Waals surface area contributed by atoms with Crippen LogP contribution in [0.2, 0.25) is 4.34 Å². The number of pyridine rings is 1. The van der Waals surface area contributed by atoms with Gasteiger partial charge in [-0.1, -0.05) is 41.9 Å². The zero-order valence-corrected chi connectivity index (χ0v) is 20.2. The molecule has 35 heavy (non-hydrogen) atoms. The maximum absolute atomic E-state index is 12.9. The molecule has 2 amide bonds. The summed E-state index contributed by atoms with van der Waals surface area (Å²) in [6, 6.07) is 23.1. The van der Waals surface area contributed by atoms with Crippen molar-refractivity contribution in [1.82, 2.24) is 15.2 Å². The van der Waals surface area contributed by atoms with Gasteiger partial charge in [-0.15, -0.1) is 11.3 Å². The Labute approximate surface area is 211 Å². The number of carbonyl (C=O) groups is 2. The number of fused-ring (bicyclic) bond motifs is 1. The third-order valence-electron chi connectivity index (χ3n) is 6.18. The van der Waals surface area contributed by atoms with Crippen LogP contribution in [0.5, 0.6) is 0 Å². The molecule has 2 aromatic carbocycles. The molecule has 2 aromatic heterocycles. The van der Waals surface area contributed by atoms with Gasteiger partial charge in [-0.05, 0) is 60.0 Å². The lowest BCUT2D eigenvalue weighted by molar-refractivity contribution is 0.0922. The molecule has 0 aliphatic heterocycles. The van der Waals surface area contributed by atoms with E-state index >= 15 is 0 Å². The number of nitrogens with one attached hydrogen (secondary N) is 2. The van der Waals surface area contributed by atoms with Crippen LogP contribution in [0.15, 0.2) is 89.9 Å². The van der Waals surface area contributed by atoms with Gasteiger partial charge >= 0.3 is 0 Å². The number of hydrogen-bond acceptors (Lipinski definition) is 4. The first-order valence-electron chi connectivity index (χ1n) is 11.2. The molecule has 0 fully saturated rings. The Hall–Kier alpha value is -3.68. The first kappa shape index (κ1) is 23.1. The quantitative estimate of drug-likeness (QED) is 0.402. The first-order chi connectivity index (χ1) is 17.0. The third kappa shape index (κ3) is 4.92. The molecule has 2 N–H and O–H groups in total. The van der Waals surface area contributed by atoms with E-state index in [4.69, 9.17) is 11.6 Å². The van der Waals surface area contributed by atoms with Crippen molar-refractivity contribution in [2.75, 3.05) is 6.54 Å². The lowest BCUT2D eigenvalue weighted by Gasteiger charge is -2.22. The van der Waals surface area contributed by atoms with E-state index in [1.807, 2.05) is 18.2 Å². The van der Waals surface area contributed by atoms with Gasteiger partial charge in [-0.3, -0.25) is 19.0 Å². The summed E-state index contributed by atoms with van der Waals surface area (Å²) < 4.78 is 2.08. The van der Waals surface area contributed by atoms with Crippen molar-refractivity contribution in [3.63, 3.8) is 0 Å². The molecule has 2 heterocycles. The van der Waals surface area contributed by atoms with Crippen LogP contribution in [-0.2, 0) is 6.42 Å². The second kappa shape index (κ2) is 9.90. The zero-order valence-electron chi connectivity index (χ0n) is 18.6. The smallest absolute Gasteiger partial charge is 0.261 e. The van der Waals surface area contributed by atoms with Gasteiger partial charge in [0.2, 0.25) is 0 Å². The average Bonchev–Trinajstić information content (AvgIpc) is 3.46. The van der Waals surface area contributed by atoms with Gasteiger partial charge in [-0.2, -0.15) is 0 Å². The highest BCUT2D eigenvalue weighted by Gasteiger charge is 2.34. The molecule has 6 nitrogen and oxygen atoms in total. The molecule has 0 saturated heterocycles. The standard InChI is InChI=1S/C27H22ClN3O3S/c28-23-13-12-22(35-23)27(34)30-25-19(15-18-5-1-2-6-21(18)25)16-29-26(33)17-8-10-20(11-9-17)31-14-4-3-7-24(31)32/h1-14,19,25H,15-16H2,(H,29,33)(H,30,34). The van der Waals surface area contributed by atoms with Crippen LogP contribution in [0, 0.1) is 5.92 Å². The minimum absolute atomic E-state index is 0.0119. The molecule has 4 aromatic rings. The second-order valence-electron chi connectivity index (χ2n) is 8.38. The van der Waals surface area contributed by atoms with Crippen molar-refractivity contribution in [2.45, 2.75) is 12.5 Å². The molecule has 2 unspecified atom stereocenters. The van der Waals surface area contributed by atoms with Crippen molar-refractivity contribution < 1.29 is 9.59 Å². The topological polar surface area (TPSA) is 80.2 Å². The van der Waals surface area contributed by atoms with Gasteiger partial charge in [0.15, 0.2) is 0 Å². The van der Waals surface area contributed by atoms with E-state index in [2.05, 4.69) is 16.7 Å². The third-order valence-corrected chi connectivity index (χ3v) is 7.41. The lowest BCUT2D eigenvalue weighted by Crippen LogP contribution is -2.37. The Bertz CT molecular complexity index is 1440. The van der Waals surface area contributed by atoms with E-state index in [0.717, 1.165) is 12.0 Å². The normalized spacial score (nSPS) is 16.5. The highest BCUT2D eigenvalue weighted by Crippen LogP contribution is 2.36. The summed E-state index contributed by atoms with van der Waals surface area (Å²) in [4.78, 5) is 38.3. The van der Waals surface area contributed by atoms with E-state index in [0.29, 0.717) is 27.0 Å². The van der Waals surface area contributed by atoms with E-state index < -0.39 is 0 Å². The summed E-state index contributed by atoms with van der Waals surface area (Å²) >= 11 is 7.24. The molecule has 176 valence electrons. The van der Waals surface area contributed by atoms with Crippen molar-refractivity contribution in [2.24, 2.45) is 5.92 Å². The molecule has 2 atom stereocenters. The summed E-state index contributed by atoms with van der Waals surface area (Å²) in [7, 11) is 0. The van der Waals surface area contributed by atoms with Crippen LogP contribution in [0.25, 0.3) is 5.69 Å². The predicted octanol–water partition coefficient (Wildman–Crippen LogP) is 4.63. The fourth-order valence-electron chi connectivity index (χ4n) is 4.45. The fourth-order valence-corrected chi connectivity index (χ4v) is 5.40. The van der Waals surface area contributed by atoms with E-state index in [1.165, 1.54) is 27.5 Å². The zero-order chi connectivity index (χ0) is 24.4. The van der Waals surface area contributed by atoms with Crippen LogP contribution in [-0.4, -0.2) is 22.9 Å². The van der Waals surface area contributed by atoms with Crippen LogP contribution >= 0.6 is 22.9 Å². The summed E-state index contributed by atoms with van der Waals surface area (Å²) in [5, 5.41) is 6.15. The van der Waals surface area contributed by atoms with Crippen LogP contribution < -0.4 is 16.2 Å². The van der Waals surface area contributed by atoms with Crippen molar-refractivity contribution in [1.29, 1.82) is 0 Å². The number of carbonyl (C=O) groups excluding carboxylic acids is 2. The summed E-state index contributed by atoms with van der Waals surface area (Å²) in [5.41, 5.74) is 3.29. The minimum atomic E-state index is -0.216. The number of aromatic nitrogens is 1. The Balaban J connectivity index is 1.28. The number of halogens is 1. The molecule has 0 bridgehead atoms. The van der Waals surface area contributed by atoms with Crippen molar-refractivity contribution in [3.8, 4) is 5.69 Å². The molecule has 5 rings (SSSR count). The summed E-state index contributed by atoms with van der Waals surface area (Å²) in [6.07, 6.45) is 2.44. The number of amides is 2. The molecular weight excluding hydrogens is 482 g/mol. The Morgan fingerprint density at radius 3 is 2.46 bits per heavy atom. The molecule has 0 radical (unpaired) electrons. The number of benzene rings is 2. The highest BCUT2D eigenvalue weighted by molar-refractivity contribution is 7.18. The van der Waals surface area contributed by atoms with E-state index in [-0.39, 0.29) is 29.3 Å². The fraction of sp³-hybridized carbons (Fsp3) is 0.148. The van der Waals surface area contributed by atoms with Crippen molar-refractivity contribution >= 4 is 34.8 Å². The highest BCUT2D eigenvalue weighted by atomic mass is 35.5. The Morgan fingerprint density at radius 2 is 1.71 bits per heavy atom. The molecule has 1 aliphatic rings. The van der Waals surface area contributed by atoms with Gasteiger partial charge in [0.1, 0.15) is 0 Å². The SMILES string of the molecule is O=C(NCC1Cc2ccccc2C1NC(=O)c1ccc(Cl)s1)c1ccc(-n2ccccc2=O)cc1. The van der Waals surface area contributed by atoms with Gasteiger partial charge in [0.25, 0.3) is 17.4 Å². The number of hydrogen-bond donors (Lipinski definition) is 2. The second-order valence-corrected chi connectivity index (χ2v) is 10.1. The molecule has 0 spiro atoms. The average molecular weight is 504 g/mol. The first-order valence-corrected chi connectivity index (χ1v) is 12.4. The number of rotatable bonds is 6. The van der Waals surface area contributed by atoms with Gasteiger partial charge in [0.05, 0.1) is 15.3 Å². The van der Waals surface area contributed by atoms with Crippen molar-refractivity contribution in [3.05, 3.63) is 121 Å². The maximum atomic E-state index is 12.9. The van der Waals surface area contributed by atoms with Gasteiger partial charge in [-0.25, -0.2) is 0 Å². The molecule has 0 saturated carbocycles. The Morgan fingerprint density at radius 1 is 0.943 bits per heavy atom. The van der Waals surface area contributed by atoms with Gasteiger partial charge < -0.3 is 10.6 Å².